The number of carbonyl (C=O) groups excluding carboxylic acids is 1. The van der Waals surface area contributed by atoms with Crippen LogP contribution in [0.15, 0.2) is 71.7 Å². The van der Waals surface area contributed by atoms with Crippen LogP contribution in [0.3, 0.4) is 0 Å². The summed E-state index contributed by atoms with van der Waals surface area (Å²) in [7, 11) is 0. The predicted molar refractivity (Wildman–Crippen MR) is 115 cm³/mol. The maximum absolute atomic E-state index is 12.2. The van der Waals surface area contributed by atoms with Gasteiger partial charge in [0.25, 0.3) is 5.91 Å². The molecule has 0 saturated carbocycles. The summed E-state index contributed by atoms with van der Waals surface area (Å²) in [6.45, 7) is 1.75. The van der Waals surface area contributed by atoms with Crippen molar-refractivity contribution in [3.05, 3.63) is 87.9 Å². The Balaban J connectivity index is 1.67. The Morgan fingerprint density at radius 3 is 2.61 bits per heavy atom. The molecule has 3 rings (SSSR count). The number of para-hydroxylation sites is 1. The lowest BCUT2D eigenvalue weighted by molar-refractivity contribution is -0.118. The number of aliphatic imine (C=N–C) groups is 1. The zero-order valence-electron chi connectivity index (χ0n) is 15.2. The second-order valence-electron chi connectivity index (χ2n) is 6.08. The van der Waals surface area contributed by atoms with Gasteiger partial charge in [-0.1, -0.05) is 47.5 Å². The molecule has 0 unspecified atom stereocenters. The third kappa shape index (κ3) is 5.59. The number of halogens is 2. The maximum Gasteiger partial charge on any atom is 0.262 e. The number of hydrogen-bond donors (Lipinski definition) is 1. The molecule has 6 heteroatoms. The second-order valence-corrected chi connectivity index (χ2v) is 6.92. The minimum Gasteiger partial charge on any atom is -0.483 e. The quantitative estimate of drug-likeness (QED) is 0.499. The summed E-state index contributed by atoms with van der Waals surface area (Å²) in [5.74, 6) is 0.224. The van der Waals surface area contributed by atoms with E-state index in [1.807, 2.05) is 43.3 Å². The number of hydrogen-bond acceptors (Lipinski definition) is 3. The van der Waals surface area contributed by atoms with Crippen molar-refractivity contribution < 1.29 is 9.53 Å². The van der Waals surface area contributed by atoms with E-state index in [9.17, 15) is 4.79 Å². The molecule has 0 aliphatic heterocycles. The molecule has 0 saturated heterocycles. The summed E-state index contributed by atoms with van der Waals surface area (Å²) in [6, 6.07) is 20.0. The summed E-state index contributed by atoms with van der Waals surface area (Å²) >= 11 is 12.2. The molecule has 0 heterocycles. The van der Waals surface area contributed by atoms with E-state index < -0.39 is 0 Å². The Hall–Kier alpha value is -2.82. The standard InChI is InChI=1S/C22H18Cl2N2O2/c1-15-7-9-19(12-20(15)24)26-22(27)14-28-21-10-8-17(23)11-16(21)13-25-18-5-3-2-4-6-18/h2-13H,14H2,1H3,(H,26,27). The fraction of sp³-hybridized carbons (Fsp3) is 0.0909. The third-order valence-corrected chi connectivity index (χ3v) is 4.54. The number of aryl methyl sites for hydroxylation is 1. The lowest BCUT2D eigenvalue weighted by atomic mass is 10.2. The van der Waals surface area contributed by atoms with E-state index in [0.29, 0.717) is 27.0 Å². The Bertz CT molecular complexity index is 1000. The highest BCUT2D eigenvalue weighted by Crippen LogP contribution is 2.23. The number of nitrogens with one attached hydrogen (secondary N) is 1. The number of carbonyl (C=O) groups is 1. The molecule has 0 aromatic heterocycles. The molecule has 3 aromatic rings. The third-order valence-electron chi connectivity index (χ3n) is 3.90. The SMILES string of the molecule is Cc1ccc(NC(=O)COc2ccc(Cl)cc2C=Nc2ccccc2)cc1Cl. The van der Waals surface area contributed by atoms with E-state index in [-0.39, 0.29) is 12.5 Å². The number of benzene rings is 3. The van der Waals surface area contributed by atoms with Crippen molar-refractivity contribution in [3.63, 3.8) is 0 Å². The first kappa shape index (κ1) is 19.9. The van der Waals surface area contributed by atoms with Gasteiger partial charge in [-0.25, -0.2) is 0 Å². The van der Waals surface area contributed by atoms with Crippen LogP contribution < -0.4 is 10.1 Å². The summed E-state index contributed by atoms with van der Waals surface area (Å²) in [6.07, 6.45) is 1.66. The van der Waals surface area contributed by atoms with Gasteiger partial charge in [0.1, 0.15) is 5.75 Å². The average molecular weight is 413 g/mol. The molecule has 0 atom stereocenters. The molecule has 1 N–H and O–H groups in total. The molecule has 4 nitrogen and oxygen atoms in total. The monoisotopic (exact) mass is 412 g/mol. The Morgan fingerprint density at radius 2 is 1.86 bits per heavy atom. The van der Waals surface area contributed by atoms with E-state index in [0.717, 1.165) is 11.3 Å². The number of rotatable bonds is 6. The minimum atomic E-state index is -0.291. The van der Waals surface area contributed by atoms with E-state index in [1.165, 1.54) is 0 Å². The van der Waals surface area contributed by atoms with Gasteiger partial charge in [0, 0.05) is 27.5 Å². The van der Waals surface area contributed by atoms with Gasteiger partial charge in [-0.2, -0.15) is 0 Å². The molecule has 0 fully saturated rings. The van der Waals surface area contributed by atoms with Gasteiger partial charge >= 0.3 is 0 Å². The Kier molecular flexibility index (Phi) is 6.69. The van der Waals surface area contributed by atoms with Gasteiger partial charge < -0.3 is 10.1 Å². The van der Waals surface area contributed by atoms with Crippen molar-refractivity contribution in [1.29, 1.82) is 0 Å². The molecular weight excluding hydrogens is 395 g/mol. The largest absolute Gasteiger partial charge is 0.483 e. The molecule has 0 spiro atoms. The van der Waals surface area contributed by atoms with Crippen LogP contribution in [0, 0.1) is 6.92 Å². The number of anilines is 1. The number of amides is 1. The van der Waals surface area contributed by atoms with Gasteiger partial charge in [-0.05, 0) is 55.0 Å². The highest BCUT2D eigenvalue weighted by atomic mass is 35.5. The van der Waals surface area contributed by atoms with E-state index in [2.05, 4.69) is 10.3 Å². The van der Waals surface area contributed by atoms with Crippen LogP contribution in [-0.4, -0.2) is 18.7 Å². The van der Waals surface area contributed by atoms with Gasteiger partial charge in [-0.15, -0.1) is 0 Å². The Labute approximate surface area is 173 Å². The van der Waals surface area contributed by atoms with Gasteiger partial charge in [0.2, 0.25) is 0 Å². The Morgan fingerprint density at radius 1 is 1.07 bits per heavy atom. The molecule has 0 bridgehead atoms. The van der Waals surface area contributed by atoms with Crippen LogP contribution in [0.5, 0.6) is 5.75 Å². The first-order valence-electron chi connectivity index (χ1n) is 8.59. The smallest absolute Gasteiger partial charge is 0.262 e. The molecule has 3 aromatic carbocycles. The summed E-state index contributed by atoms with van der Waals surface area (Å²) in [5, 5.41) is 3.91. The summed E-state index contributed by atoms with van der Waals surface area (Å²) in [4.78, 5) is 16.6. The highest BCUT2D eigenvalue weighted by Gasteiger charge is 2.08. The fourth-order valence-corrected chi connectivity index (χ4v) is 2.78. The van der Waals surface area contributed by atoms with Crippen LogP contribution in [0.1, 0.15) is 11.1 Å². The first-order chi connectivity index (χ1) is 13.5. The molecule has 1 amide bonds. The van der Waals surface area contributed by atoms with Crippen LogP contribution in [0.2, 0.25) is 10.0 Å². The predicted octanol–water partition coefficient (Wildman–Crippen LogP) is 6.07. The van der Waals surface area contributed by atoms with Gasteiger partial charge in [-0.3, -0.25) is 9.79 Å². The van der Waals surface area contributed by atoms with Crippen molar-refractivity contribution in [1.82, 2.24) is 0 Å². The highest BCUT2D eigenvalue weighted by molar-refractivity contribution is 6.31. The van der Waals surface area contributed by atoms with Crippen molar-refractivity contribution in [3.8, 4) is 5.75 Å². The average Bonchev–Trinajstić information content (AvgIpc) is 2.69. The number of nitrogens with zero attached hydrogens (tertiary/aromatic N) is 1. The zero-order chi connectivity index (χ0) is 19.9. The van der Waals surface area contributed by atoms with Crippen molar-refractivity contribution >= 4 is 46.7 Å². The lowest BCUT2D eigenvalue weighted by Crippen LogP contribution is -2.20. The van der Waals surface area contributed by atoms with Crippen LogP contribution >= 0.6 is 23.2 Å². The molecule has 0 radical (unpaired) electrons. The second kappa shape index (κ2) is 9.40. The van der Waals surface area contributed by atoms with Crippen LogP contribution in [0.4, 0.5) is 11.4 Å². The normalized spacial score (nSPS) is 10.8. The van der Waals surface area contributed by atoms with E-state index in [4.69, 9.17) is 27.9 Å². The van der Waals surface area contributed by atoms with Gasteiger partial charge in [0.05, 0.1) is 5.69 Å². The topological polar surface area (TPSA) is 50.7 Å². The van der Waals surface area contributed by atoms with Crippen LogP contribution in [0.25, 0.3) is 0 Å². The van der Waals surface area contributed by atoms with Gasteiger partial charge in [0.15, 0.2) is 6.61 Å². The van der Waals surface area contributed by atoms with Crippen molar-refractivity contribution in [2.45, 2.75) is 6.92 Å². The molecule has 142 valence electrons. The van der Waals surface area contributed by atoms with E-state index >= 15 is 0 Å². The van der Waals surface area contributed by atoms with E-state index in [1.54, 1.807) is 36.5 Å². The summed E-state index contributed by atoms with van der Waals surface area (Å²) in [5.41, 5.74) is 3.05. The molecule has 0 aliphatic carbocycles. The van der Waals surface area contributed by atoms with Crippen LogP contribution in [-0.2, 0) is 4.79 Å². The maximum atomic E-state index is 12.2. The zero-order valence-corrected chi connectivity index (χ0v) is 16.7. The fourth-order valence-electron chi connectivity index (χ4n) is 2.42. The molecular formula is C22H18Cl2N2O2. The molecule has 28 heavy (non-hydrogen) atoms. The van der Waals surface area contributed by atoms with Crippen molar-refractivity contribution in [2.75, 3.05) is 11.9 Å². The number of ether oxygens (including phenoxy) is 1. The lowest BCUT2D eigenvalue weighted by Gasteiger charge is -2.10. The first-order valence-corrected chi connectivity index (χ1v) is 9.34. The summed E-state index contributed by atoms with van der Waals surface area (Å²) < 4.78 is 5.67. The van der Waals surface area contributed by atoms with Crippen molar-refractivity contribution in [2.24, 2.45) is 4.99 Å². The molecule has 0 aliphatic rings. The minimum absolute atomic E-state index is 0.153.